The Hall–Kier alpha value is -2.90. The second kappa shape index (κ2) is 5.13. The first-order valence-electron chi connectivity index (χ1n) is 13.2. The monoisotopic (exact) mass is 454 g/mol. The fourth-order valence-corrected chi connectivity index (χ4v) is 10.6. The van der Waals surface area contributed by atoms with Crippen LogP contribution in [0.1, 0.15) is 49.9 Å². The van der Waals surface area contributed by atoms with Crippen molar-refractivity contribution in [2.75, 3.05) is 0 Å². The summed E-state index contributed by atoms with van der Waals surface area (Å²) in [5, 5.41) is 0. The van der Waals surface area contributed by atoms with Crippen molar-refractivity contribution in [2.45, 2.75) is 56.1 Å². The van der Waals surface area contributed by atoms with E-state index in [0.717, 1.165) is 0 Å². The van der Waals surface area contributed by atoms with Gasteiger partial charge in [0.25, 0.3) is 0 Å². The third kappa shape index (κ3) is 1.44. The van der Waals surface area contributed by atoms with Crippen LogP contribution in [0.5, 0.6) is 0 Å². The van der Waals surface area contributed by atoms with E-state index in [4.69, 9.17) is 4.74 Å². The van der Waals surface area contributed by atoms with Crippen molar-refractivity contribution < 1.29 is 4.74 Å². The molecular formula is C34H30O. The van der Waals surface area contributed by atoms with Gasteiger partial charge in [-0.2, -0.15) is 0 Å². The van der Waals surface area contributed by atoms with Crippen molar-refractivity contribution in [3.63, 3.8) is 0 Å². The third-order valence-electron chi connectivity index (χ3n) is 12.4. The molecule has 0 aromatic heterocycles. The van der Waals surface area contributed by atoms with E-state index in [0.29, 0.717) is 0 Å². The molecule has 172 valence electrons. The van der Waals surface area contributed by atoms with Crippen molar-refractivity contribution in [2.24, 2.45) is 16.2 Å². The SMILES string of the molecule is CC12c3ccccc3[C@]3(C)C4=CC56C=CC=CC5(C=C4[C@](C)(c4ccccc41)C23C)[C@H]1C=C[C@@H]6O1. The van der Waals surface area contributed by atoms with Crippen molar-refractivity contribution in [1.29, 1.82) is 0 Å². The van der Waals surface area contributed by atoms with Gasteiger partial charge in [-0.3, -0.25) is 0 Å². The van der Waals surface area contributed by atoms with Crippen LogP contribution in [0.4, 0.5) is 0 Å². The predicted octanol–water partition coefficient (Wildman–Crippen LogP) is 6.86. The lowest BCUT2D eigenvalue weighted by Crippen LogP contribution is -2.50. The lowest BCUT2D eigenvalue weighted by molar-refractivity contribution is 0.0949. The fourth-order valence-electron chi connectivity index (χ4n) is 10.6. The molecule has 5 aliphatic carbocycles. The smallest absolute Gasteiger partial charge is 0.0903 e. The van der Waals surface area contributed by atoms with E-state index in [1.807, 2.05) is 0 Å². The summed E-state index contributed by atoms with van der Waals surface area (Å²) in [7, 11) is 0. The highest BCUT2D eigenvalue weighted by Gasteiger charge is 2.82. The van der Waals surface area contributed by atoms with Gasteiger partial charge >= 0.3 is 0 Å². The van der Waals surface area contributed by atoms with Crippen LogP contribution in [0, 0.1) is 16.2 Å². The molecule has 2 bridgehead atoms. The third-order valence-corrected chi connectivity index (χ3v) is 12.4. The molecule has 2 aliphatic heterocycles. The molecule has 2 fully saturated rings. The number of fused-ring (bicyclic) bond motifs is 11. The Balaban J connectivity index is 1.49. The molecule has 0 radical (unpaired) electrons. The van der Waals surface area contributed by atoms with Crippen LogP contribution in [0.15, 0.2) is 108 Å². The Morgan fingerprint density at radius 2 is 0.971 bits per heavy atom. The number of hydrogen-bond donors (Lipinski definition) is 0. The summed E-state index contributed by atoms with van der Waals surface area (Å²) in [6, 6.07) is 18.7. The first-order valence-corrected chi connectivity index (χ1v) is 13.2. The maximum atomic E-state index is 6.65. The van der Waals surface area contributed by atoms with Gasteiger partial charge in [0.1, 0.15) is 0 Å². The Labute approximate surface area is 207 Å². The maximum Gasteiger partial charge on any atom is 0.0903 e. The van der Waals surface area contributed by atoms with E-state index >= 15 is 0 Å². The van der Waals surface area contributed by atoms with Gasteiger partial charge in [0, 0.05) is 21.7 Å². The molecule has 1 saturated heterocycles. The van der Waals surface area contributed by atoms with E-state index in [2.05, 4.69) is 125 Å². The zero-order chi connectivity index (χ0) is 23.6. The Morgan fingerprint density at radius 3 is 1.40 bits per heavy atom. The molecule has 9 rings (SSSR count). The van der Waals surface area contributed by atoms with Gasteiger partial charge < -0.3 is 4.74 Å². The zero-order valence-electron chi connectivity index (χ0n) is 20.8. The van der Waals surface area contributed by atoms with Crippen LogP contribution in [-0.2, 0) is 21.0 Å². The molecular weight excluding hydrogens is 424 g/mol. The topological polar surface area (TPSA) is 9.23 Å². The van der Waals surface area contributed by atoms with E-state index in [1.165, 1.54) is 33.4 Å². The second-order valence-corrected chi connectivity index (χ2v) is 12.7. The Kier molecular flexibility index (Phi) is 2.83. The van der Waals surface area contributed by atoms with E-state index in [-0.39, 0.29) is 44.7 Å². The van der Waals surface area contributed by atoms with Gasteiger partial charge in [0.05, 0.1) is 23.0 Å². The summed E-state index contributed by atoms with van der Waals surface area (Å²) in [6.07, 6.45) is 19.5. The summed E-state index contributed by atoms with van der Waals surface area (Å²) >= 11 is 0. The van der Waals surface area contributed by atoms with Crippen LogP contribution in [0.25, 0.3) is 0 Å². The van der Waals surface area contributed by atoms with Gasteiger partial charge in [0.2, 0.25) is 0 Å². The molecule has 2 heterocycles. The van der Waals surface area contributed by atoms with Crippen molar-refractivity contribution in [3.8, 4) is 0 Å². The first kappa shape index (κ1) is 19.3. The summed E-state index contributed by atoms with van der Waals surface area (Å²) in [4.78, 5) is 0. The van der Waals surface area contributed by atoms with Gasteiger partial charge in [-0.25, -0.2) is 0 Å². The van der Waals surface area contributed by atoms with Gasteiger partial charge in [-0.05, 0) is 33.4 Å². The molecule has 35 heavy (non-hydrogen) atoms. The Morgan fingerprint density at radius 1 is 0.571 bits per heavy atom. The van der Waals surface area contributed by atoms with E-state index in [9.17, 15) is 0 Å². The zero-order valence-corrected chi connectivity index (χ0v) is 20.8. The number of hydrogen-bond acceptors (Lipinski definition) is 1. The lowest BCUT2D eigenvalue weighted by Gasteiger charge is -2.49. The molecule has 1 heteroatoms. The van der Waals surface area contributed by atoms with Gasteiger partial charge in [0.15, 0.2) is 0 Å². The maximum absolute atomic E-state index is 6.65. The lowest BCUT2D eigenvalue weighted by atomic mass is 9.51. The van der Waals surface area contributed by atoms with Crippen molar-refractivity contribution in [3.05, 3.63) is 131 Å². The normalized spacial score (nSPS) is 49.7. The Bertz CT molecular complexity index is 1450. The first-order chi connectivity index (χ1) is 16.8. The number of benzene rings is 2. The van der Waals surface area contributed by atoms with Crippen LogP contribution in [-0.4, -0.2) is 12.2 Å². The highest BCUT2D eigenvalue weighted by molar-refractivity contribution is 5.80. The van der Waals surface area contributed by atoms with Gasteiger partial charge in [-0.15, -0.1) is 0 Å². The second-order valence-electron chi connectivity index (χ2n) is 12.7. The minimum absolute atomic E-state index is 0.0200. The number of rotatable bonds is 0. The molecule has 7 aliphatic rings. The standard InChI is InChI=1S/C34H30O/c1-29-21-11-5-7-13-23(21)30(2)25-19-33-17-9-10-18-34(33,28-16-15-27(33)35-28)20-26(25)31(3,32(29,30)4)24-14-8-6-12-22(24)29/h5-20,27-28H,1-4H3/t27-,28+,29?,30+,31-,32?,33?,34?. The number of ether oxygens (including phenoxy) is 1. The van der Waals surface area contributed by atoms with Crippen LogP contribution in [0.2, 0.25) is 0 Å². The molecule has 2 aromatic rings. The molecule has 0 spiro atoms. The highest BCUT2D eigenvalue weighted by Crippen LogP contribution is 2.85. The summed E-state index contributed by atoms with van der Waals surface area (Å²) in [6.45, 7) is 10.3. The molecule has 0 amide bonds. The predicted molar refractivity (Wildman–Crippen MR) is 139 cm³/mol. The van der Waals surface area contributed by atoms with Crippen LogP contribution < -0.4 is 0 Å². The van der Waals surface area contributed by atoms with Crippen molar-refractivity contribution in [1.82, 2.24) is 0 Å². The van der Waals surface area contributed by atoms with Crippen molar-refractivity contribution >= 4 is 0 Å². The average molecular weight is 455 g/mol. The fraction of sp³-hybridized carbons (Fsp3) is 0.353. The van der Waals surface area contributed by atoms with Crippen LogP contribution >= 0.6 is 0 Å². The molecule has 1 saturated carbocycles. The highest BCUT2D eigenvalue weighted by atomic mass is 16.5. The number of allylic oxidation sites excluding steroid dienone is 4. The molecule has 4 unspecified atom stereocenters. The van der Waals surface area contributed by atoms with E-state index < -0.39 is 0 Å². The molecule has 1 nitrogen and oxygen atoms in total. The molecule has 8 atom stereocenters. The summed E-state index contributed by atoms with van der Waals surface area (Å²) in [5.74, 6) is 0. The van der Waals surface area contributed by atoms with Crippen LogP contribution in [0.3, 0.4) is 0 Å². The van der Waals surface area contributed by atoms with E-state index in [1.54, 1.807) is 0 Å². The summed E-state index contributed by atoms with van der Waals surface area (Å²) < 4.78 is 6.65. The minimum Gasteiger partial charge on any atom is -0.364 e. The summed E-state index contributed by atoms with van der Waals surface area (Å²) in [5.41, 5.74) is 8.55. The quantitative estimate of drug-likeness (QED) is 0.395. The minimum atomic E-state index is -0.151. The average Bonchev–Trinajstić information content (AvgIpc) is 3.60. The largest absolute Gasteiger partial charge is 0.364 e. The molecule has 0 N–H and O–H groups in total. The van der Waals surface area contributed by atoms with Gasteiger partial charge in [-0.1, -0.05) is 125 Å². The molecule has 2 aromatic carbocycles.